The molecule has 0 N–H and O–H groups in total. The number of hydrogen-bond acceptors (Lipinski definition) is 7. The predicted octanol–water partition coefficient (Wildman–Crippen LogP) is 6.12. The van der Waals surface area contributed by atoms with Gasteiger partial charge in [-0.1, -0.05) is 18.2 Å². The zero-order valence-electron chi connectivity index (χ0n) is 23.7. The summed E-state index contributed by atoms with van der Waals surface area (Å²) in [6.07, 6.45) is 3.51. The Bertz CT molecular complexity index is 992. The van der Waals surface area contributed by atoms with Gasteiger partial charge in [-0.05, 0) is 101 Å². The minimum Gasteiger partial charge on any atom is -0.456 e. The Hall–Kier alpha value is -2.25. The molecule has 36 heavy (non-hydrogen) atoms. The predicted molar refractivity (Wildman–Crippen MR) is 141 cm³/mol. The highest BCUT2D eigenvalue weighted by atomic mass is 16.7. The van der Waals surface area contributed by atoms with Crippen LogP contribution in [0.1, 0.15) is 105 Å². The Morgan fingerprint density at radius 2 is 1.58 bits per heavy atom. The van der Waals surface area contributed by atoms with Crippen molar-refractivity contribution in [2.75, 3.05) is 0 Å². The number of benzene rings is 1. The average Bonchev–Trinajstić information content (AvgIpc) is 3.01. The van der Waals surface area contributed by atoms with Gasteiger partial charge in [-0.25, -0.2) is 14.6 Å². The van der Waals surface area contributed by atoms with Gasteiger partial charge in [0.05, 0.1) is 17.1 Å². The van der Waals surface area contributed by atoms with E-state index in [-0.39, 0.29) is 11.1 Å². The van der Waals surface area contributed by atoms with Crippen molar-refractivity contribution >= 4 is 17.8 Å². The van der Waals surface area contributed by atoms with Crippen molar-refractivity contribution in [3.63, 3.8) is 0 Å². The molecule has 0 aliphatic carbocycles. The maximum absolute atomic E-state index is 12.9. The molecule has 2 aliphatic rings. The summed E-state index contributed by atoms with van der Waals surface area (Å²) in [6.45, 7) is 20.0. The number of ether oxygens (including phenoxy) is 2. The first-order valence-corrected chi connectivity index (χ1v) is 13.0. The fraction of sp³-hybridized carbons (Fsp3) is 0.690. The average molecular weight is 501 g/mol. The van der Waals surface area contributed by atoms with Crippen LogP contribution < -0.4 is 0 Å². The molecule has 3 rings (SSSR count). The number of hydrogen-bond donors (Lipinski definition) is 0. The van der Waals surface area contributed by atoms with Gasteiger partial charge >= 0.3 is 11.9 Å². The molecule has 0 amide bonds. The Labute approximate surface area is 216 Å². The lowest BCUT2D eigenvalue weighted by Gasteiger charge is -2.54. The molecule has 0 aromatic heterocycles. The van der Waals surface area contributed by atoms with E-state index < -0.39 is 34.6 Å². The molecule has 1 saturated heterocycles. The van der Waals surface area contributed by atoms with Gasteiger partial charge in [0.1, 0.15) is 5.60 Å². The fourth-order valence-electron chi connectivity index (χ4n) is 5.28. The number of hydroxylamine groups is 2. The van der Waals surface area contributed by atoms with Crippen molar-refractivity contribution in [3.05, 3.63) is 35.9 Å². The first-order chi connectivity index (χ1) is 16.4. The molecule has 0 bridgehead atoms. The van der Waals surface area contributed by atoms with Crippen LogP contribution in [0.3, 0.4) is 0 Å². The van der Waals surface area contributed by atoms with Gasteiger partial charge < -0.3 is 9.47 Å². The summed E-state index contributed by atoms with van der Waals surface area (Å²) in [4.78, 5) is 37.0. The van der Waals surface area contributed by atoms with Crippen molar-refractivity contribution in [1.29, 1.82) is 0 Å². The van der Waals surface area contributed by atoms with Gasteiger partial charge in [-0.3, -0.25) is 4.84 Å². The van der Waals surface area contributed by atoms with Crippen LogP contribution in [-0.2, 0) is 19.1 Å². The van der Waals surface area contributed by atoms with E-state index in [9.17, 15) is 9.59 Å². The molecule has 0 spiro atoms. The van der Waals surface area contributed by atoms with E-state index >= 15 is 0 Å². The number of nitrogens with zero attached hydrogens (tertiary/aromatic N) is 2. The number of esters is 2. The Balaban J connectivity index is 1.93. The number of piperidine rings is 1. The molecule has 0 saturated carbocycles. The topological polar surface area (TPSA) is 77.4 Å². The molecule has 1 aromatic carbocycles. The van der Waals surface area contributed by atoms with Crippen molar-refractivity contribution < 1.29 is 23.9 Å². The van der Waals surface area contributed by atoms with E-state index in [1.807, 2.05) is 33.8 Å². The van der Waals surface area contributed by atoms with E-state index in [4.69, 9.17) is 14.3 Å². The van der Waals surface area contributed by atoms with Gasteiger partial charge in [0.25, 0.3) is 0 Å². The number of cyclic esters (lactones) is 1. The van der Waals surface area contributed by atoms with Crippen LogP contribution in [0.25, 0.3) is 0 Å². The molecule has 1 fully saturated rings. The maximum atomic E-state index is 12.9. The lowest BCUT2D eigenvalue weighted by molar-refractivity contribution is -0.336. The van der Waals surface area contributed by atoms with Crippen molar-refractivity contribution in [2.45, 2.75) is 123 Å². The quantitative estimate of drug-likeness (QED) is 0.401. The third kappa shape index (κ3) is 6.17. The highest BCUT2D eigenvalue weighted by Crippen LogP contribution is 2.43. The Morgan fingerprint density at radius 3 is 2.08 bits per heavy atom. The van der Waals surface area contributed by atoms with Crippen LogP contribution >= 0.6 is 0 Å². The van der Waals surface area contributed by atoms with Crippen LogP contribution in [0.4, 0.5) is 0 Å². The number of carbonyl (C=O) groups excluding carboxylic acids is 2. The van der Waals surface area contributed by atoms with E-state index in [1.54, 1.807) is 38.1 Å². The number of carbonyl (C=O) groups is 2. The molecule has 2 heterocycles. The van der Waals surface area contributed by atoms with Crippen LogP contribution in [0, 0.1) is 5.92 Å². The maximum Gasteiger partial charge on any atom is 0.340 e. The van der Waals surface area contributed by atoms with Crippen molar-refractivity contribution in [3.8, 4) is 0 Å². The van der Waals surface area contributed by atoms with Crippen molar-refractivity contribution in [1.82, 2.24) is 5.06 Å². The zero-order chi connectivity index (χ0) is 27.2. The molecular formula is C29H44N2O5. The van der Waals surface area contributed by atoms with E-state index in [2.05, 4.69) is 37.8 Å². The molecular weight excluding hydrogens is 456 g/mol. The third-order valence-electron chi connectivity index (χ3n) is 7.30. The largest absolute Gasteiger partial charge is 0.456 e. The second-order valence-corrected chi connectivity index (χ2v) is 13.1. The summed E-state index contributed by atoms with van der Waals surface area (Å²) < 4.78 is 11.7. The fourth-order valence-corrected chi connectivity index (χ4v) is 5.28. The van der Waals surface area contributed by atoms with Crippen LogP contribution in [0.2, 0.25) is 0 Å². The number of aliphatic imine (C=N–C) groups is 1. The van der Waals surface area contributed by atoms with Crippen LogP contribution in [0.15, 0.2) is 35.3 Å². The summed E-state index contributed by atoms with van der Waals surface area (Å²) in [5.41, 5.74) is -2.54. The molecule has 7 heteroatoms. The number of rotatable bonds is 8. The standard InChI is InChI=1S/C29H44N2O5/c1-25(2)17-14-18-26(3,4)31(25)36-29(9,10)21(22-30-28(7,8)24(33)34-22)19-27(5,6)35-23(32)20-15-12-11-13-16-20/h11-13,15-16,21H,14,17-19H2,1-10H3. The van der Waals surface area contributed by atoms with Gasteiger partial charge in [0, 0.05) is 17.5 Å². The van der Waals surface area contributed by atoms with Crippen LogP contribution in [-0.4, -0.2) is 50.7 Å². The molecule has 7 nitrogen and oxygen atoms in total. The van der Waals surface area contributed by atoms with Gasteiger partial charge in [0.2, 0.25) is 5.90 Å². The Kier molecular flexibility index (Phi) is 7.53. The molecule has 1 unspecified atom stereocenters. The first kappa shape index (κ1) is 28.3. The lowest BCUT2D eigenvalue weighted by Crippen LogP contribution is -2.62. The SMILES string of the molecule is CC(C)(CC(C1=NC(C)(C)C(=O)O1)C(C)(C)ON1C(C)(C)CCCC1(C)C)OC(=O)c1ccccc1. The molecule has 200 valence electrons. The van der Waals surface area contributed by atoms with E-state index in [0.29, 0.717) is 17.9 Å². The summed E-state index contributed by atoms with van der Waals surface area (Å²) in [7, 11) is 0. The van der Waals surface area contributed by atoms with E-state index in [1.165, 1.54) is 0 Å². The second-order valence-electron chi connectivity index (χ2n) is 13.1. The molecule has 1 aromatic rings. The molecule has 1 atom stereocenters. The van der Waals surface area contributed by atoms with Gasteiger partial charge in [0.15, 0.2) is 5.54 Å². The monoisotopic (exact) mass is 500 g/mol. The highest BCUT2D eigenvalue weighted by Gasteiger charge is 2.51. The smallest absolute Gasteiger partial charge is 0.340 e. The van der Waals surface area contributed by atoms with Crippen molar-refractivity contribution in [2.24, 2.45) is 10.9 Å². The van der Waals surface area contributed by atoms with Gasteiger partial charge in [-0.15, -0.1) is 0 Å². The summed E-state index contributed by atoms with van der Waals surface area (Å²) >= 11 is 0. The minimum atomic E-state index is -0.974. The summed E-state index contributed by atoms with van der Waals surface area (Å²) in [6, 6.07) is 8.93. The minimum absolute atomic E-state index is 0.174. The summed E-state index contributed by atoms with van der Waals surface area (Å²) in [5.74, 6) is -0.917. The lowest BCUT2D eigenvalue weighted by atomic mass is 9.80. The molecule has 2 aliphatic heterocycles. The van der Waals surface area contributed by atoms with Gasteiger partial charge in [-0.2, -0.15) is 5.06 Å². The van der Waals surface area contributed by atoms with Crippen LogP contribution in [0.5, 0.6) is 0 Å². The normalized spacial score (nSPS) is 22.5. The highest BCUT2D eigenvalue weighted by molar-refractivity contribution is 6.00. The second kappa shape index (κ2) is 9.56. The Morgan fingerprint density at radius 1 is 1.03 bits per heavy atom. The zero-order valence-corrected chi connectivity index (χ0v) is 23.7. The third-order valence-corrected chi connectivity index (χ3v) is 7.30. The first-order valence-electron chi connectivity index (χ1n) is 13.0. The summed E-state index contributed by atoms with van der Waals surface area (Å²) in [5, 5.41) is 2.11. The molecule has 0 radical (unpaired) electrons. The van der Waals surface area contributed by atoms with E-state index in [0.717, 1.165) is 19.3 Å².